The molecule has 17 unspecified atom stereocenters. The van der Waals surface area contributed by atoms with Gasteiger partial charge in [-0.25, -0.2) is 0 Å². The first-order valence-corrected chi connectivity index (χ1v) is 31.4. The standard InChI is InChI=1S/C60H113NO18/c1-3-5-7-9-11-13-15-17-18-19-20-21-22-23-24-26-28-30-32-34-36-38-48(66)61-43(44(65)37-35-33-31-29-27-25-16-14-12-10-8-6-4-2)42-74-58-54(72)51(69)56(46(40-63)76-58)79-60-55(73)52(70)57(47(41-64)77-60)78-59-53(71)50(68)49(67)45(39-62)75-59/h19-20,43-47,49-60,62-65,67-73H,3-18,21-42H2,1-2H3,(H,61,66)/b20-19-. The number of hydrogen-bond acceptors (Lipinski definition) is 18. The van der Waals surface area contributed by atoms with Crippen LogP contribution in [0.1, 0.15) is 232 Å². The maximum absolute atomic E-state index is 13.4. The largest absolute Gasteiger partial charge is 0.394 e. The van der Waals surface area contributed by atoms with Gasteiger partial charge in [0.1, 0.15) is 73.2 Å². The van der Waals surface area contributed by atoms with Gasteiger partial charge >= 0.3 is 0 Å². The molecule has 3 heterocycles. The minimum atomic E-state index is -1.97. The Morgan fingerprint density at radius 3 is 1.23 bits per heavy atom. The summed E-state index contributed by atoms with van der Waals surface area (Å²) in [6, 6.07) is -0.884. The Balaban J connectivity index is 1.46. The first-order chi connectivity index (χ1) is 38.3. The molecule has 0 aromatic heterocycles. The van der Waals surface area contributed by atoms with Crippen LogP contribution < -0.4 is 5.32 Å². The van der Waals surface area contributed by atoms with Crippen molar-refractivity contribution in [3.63, 3.8) is 0 Å². The Labute approximate surface area is 474 Å². The van der Waals surface area contributed by atoms with Crippen molar-refractivity contribution in [3.8, 4) is 0 Å². The second-order valence-electron chi connectivity index (χ2n) is 22.9. The second-order valence-corrected chi connectivity index (χ2v) is 22.9. The lowest BCUT2D eigenvalue weighted by Crippen LogP contribution is -2.66. The van der Waals surface area contributed by atoms with Gasteiger partial charge in [-0.1, -0.05) is 199 Å². The fourth-order valence-corrected chi connectivity index (χ4v) is 10.9. The van der Waals surface area contributed by atoms with Crippen LogP contribution >= 0.6 is 0 Å². The van der Waals surface area contributed by atoms with E-state index in [4.69, 9.17) is 28.4 Å². The van der Waals surface area contributed by atoms with Gasteiger partial charge in [0.15, 0.2) is 18.9 Å². The Kier molecular flexibility index (Phi) is 40.1. The van der Waals surface area contributed by atoms with E-state index >= 15 is 0 Å². The van der Waals surface area contributed by atoms with Gasteiger partial charge in [0.2, 0.25) is 5.91 Å². The van der Waals surface area contributed by atoms with Gasteiger partial charge in [0, 0.05) is 6.42 Å². The van der Waals surface area contributed by atoms with Crippen LogP contribution in [-0.4, -0.2) is 193 Å². The first-order valence-electron chi connectivity index (χ1n) is 31.4. The summed E-state index contributed by atoms with van der Waals surface area (Å²) in [6.07, 6.45) is 17.2. The summed E-state index contributed by atoms with van der Waals surface area (Å²) in [5, 5.41) is 120. The van der Waals surface area contributed by atoms with Crippen LogP contribution in [0.4, 0.5) is 0 Å². The lowest BCUT2D eigenvalue weighted by molar-refractivity contribution is -0.379. The average Bonchev–Trinajstić information content (AvgIpc) is 3.45. The molecule has 466 valence electrons. The fourth-order valence-electron chi connectivity index (χ4n) is 10.9. The number of aliphatic hydroxyl groups is 11. The predicted octanol–water partition coefficient (Wildman–Crippen LogP) is 6.16. The number of ether oxygens (including phenoxy) is 6. The van der Waals surface area contributed by atoms with Gasteiger partial charge in [-0.05, 0) is 38.5 Å². The normalized spacial score (nSPS) is 30.3. The molecule has 3 aliphatic rings. The number of unbranched alkanes of at least 4 members (excludes halogenated alkanes) is 29. The molecule has 0 bridgehead atoms. The molecule has 3 saturated heterocycles. The molecule has 19 nitrogen and oxygen atoms in total. The van der Waals surface area contributed by atoms with E-state index in [0.717, 1.165) is 51.4 Å². The van der Waals surface area contributed by atoms with Crippen LogP contribution in [0.25, 0.3) is 0 Å². The van der Waals surface area contributed by atoms with E-state index in [1.165, 1.54) is 148 Å². The summed E-state index contributed by atoms with van der Waals surface area (Å²) in [5.41, 5.74) is 0. The summed E-state index contributed by atoms with van der Waals surface area (Å²) in [4.78, 5) is 13.4. The van der Waals surface area contributed by atoms with Crippen molar-refractivity contribution >= 4 is 5.91 Å². The number of allylic oxidation sites excluding steroid dienone is 2. The molecule has 0 aliphatic carbocycles. The molecule has 17 atom stereocenters. The highest BCUT2D eigenvalue weighted by atomic mass is 16.8. The molecule has 0 aromatic rings. The molecule has 0 radical (unpaired) electrons. The van der Waals surface area contributed by atoms with Crippen LogP contribution in [0.5, 0.6) is 0 Å². The van der Waals surface area contributed by atoms with Crippen LogP contribution in [0.15, 0.2) is 12.2 Å². The lowest BCUT2D eigenvalue weighted by atomic mass is 9.96. The zero-order valence-electron chi connectivity index (χ0n) is 48.6. The molecule has 3 fully saturated rings. The van der Waals surface area contributed by atoms with E-state index in [0.29, 0.717) is 12.8 Å². The van der Waals surface area contributed by atoms with Crippen LogP contribution in [0.3, 0.4) is 0 Å². The van der Waals surface area contributed by atoms with Gasteiger partial charge < -0.3 is 89.9 Å². The van der Waals surface area contributed by atoms with Gasteiger partial charge in [0.25, 0.3) is 0 Å². The highest BCUT2D eigenvalue weighted by molar-refractivity contribution is 5.76. The van der Waals surface area contributed by atoms with Crippen molar-refractivity contribution < 1.29 is 89.4 Å². The second kappa shape index (κ2) is 44.1. The van der Waals surface area contributed by atoms with Crippen LogP contribution in [-0.2, 0) is 33.2 Å². The topological polar surface area (TPSA) is 307 Å². The minimum absolute atomic E-state index is 0.244. The molecular weight excluding hydrogens is 1020 g/mol. The highest BCUT2D eigenvalue weighted by Gasteiger charge is 2.53. The molecule has 12 N–H and O–H groups in total. The molecule has 0 spiro atoms. The number of nitrogens with one attached hydrogen (secondary N) is 1. The average molecular weight is 1140 g/mol. The van der Waals surface area contributed by atoms with Crippen molar-refractivity contribution in [2.75, 3.05) is 26.4 Å². The van der Waals surface area contributed by atoms with Gasteiger partial charge in [0.05, 0.1) is 38.6 Å². The Morgan fingerprint density at radius 1 is 0.443 bits per heavy atom. The summed E-state index contributed by atoms with van der Waals surface area (Å²) in [6.45, 7) is 1.79. The third kappa shape index (κ3) is 27.9. The minimum Gasteiger partial charge on any atom is -0.394 e. The predicted molar refractivity (Wildman–Crippen MR) is 300 cm³/mol. The molecular formula is C60H113NO18. The molecule has 0 saturated carbocycles. The van der Waals surface area contributed by atoms with E-state index in [1.54, 1.807) is 0 Å². The zero-order valence-corrected chi connectivity index (χ0v) is 48.6. The summed E-state index contributed by atoms with van der Waals surface area (Å²) in [7, 11) is 0. The molecule has 0 aromatic carbocycles. The van der Waals surface area contributed by atoms with Crippen LogP contribution in [0.2, 0.25) is 0 Å². The Bertz CT molecular complexity index is 1500. The van der Waals surface area contributed by atoms with Gasteiger partial charge in [-0.2, -0.15) is 0 Å². The third-order valence-electron chi connectivity index (χ3n) is 16.1. The maximum Gasteiger partial charge on any atom is 0.220 e. The van der Waals surface area contributed by atoms with Gasteiger partial charge in [-0.15, -0.1) is 0 Å². The van der Waals surface area contributed by atoms with E-state index in [1.807, 2.05) is 0 Å². The van der Waals surface area contributed by atoms with Crippen molar-refractivity contribution in [2.45, 2.75) is 336 Å². The third-order valence-corrected chi connectivity index (χ3v) is 16.1. The number of carbonyl (C=O) groups is 1. The number of rotatable bonds is 47. The number of aliphatic hydroxyl groups excluding tert-OH is 11. The molecule has 3 rings (SSSR count). The van der Waals surface area contributed by atoms with E-state index in [-0.39, 0.29) is 18.9 Å². The smallest absolute Gasteiger partial charge is 0.220 e. The molecule has 19 heteroatoms. The van der Waals surface area contributed by atoms with Gasteiger partial charge in [-0.3, -0.25) is 4.79 Å². The van der Waals surface area contributed by atoms with Crippen LogP contribution in [0, 0.1) is 0 Å². The monoisotopic (exact) mass is 1140 g/mol. The van der Waals surface area contributed by atoms with Crippen molar-refractivity contribution in [3.05, 3.63) is 12.2 Å². The van der Waals surface area contributed by atoms with E-state index in [2.05, 4.69) is 31.3 Å². The van der Waals surface area contributed by atoms with Crippen molar-refractivity contribution in [1.82, 2.24) is 5.32 Å². The number of carbonyl (C=O) groups excluding carboxylic acids is 1. The number of amides is 1. The Hall–Kier alpha value is -1.47. The maximum atomic E-state index is 13.4. The summed E-state index contributed by atoms with van der Waals surface area (Å²) >= 11 is 0. The molecule has 79 heavy (non-hydrogen) atoms. The fraction of sp³-hybridized carbons (Fsp3) is 0.950. The quantitative estimate of drug-likeness (QED) is 0.0240. The SMILES string of the molecule is CCCCCCCCCC/C=C\CCCCCCCCCCCC(=O)NC(COC1OC(CO)C(OC2OC(CO)C(OC3OC(CO)C(O)C(O)C3O)C(O)C2O)C(O)C1O)C(O)CCCCCCCCCCCCCCC. The molecule has 1 amide bonds. The summed E-state index contributed by atoms with van der Waals surface area (Å²) < 4.78 is 34.3. The lowest BCUT2D eigenvalue weighted by Gasteiger charge is -2.48. The first kappa shape index (κ1) is 71.8. The number of hydrogen-bond donors (Lipinski definition) is 12. The van der Waals surface area contributed by atoms with Crippen molar-refractivity contribution in [2.24, 2.45) is 0 Å². The molecule has 3 aliphatic heterocycles. The summed E-state index contributed by atoms with van der Waals surface area (Å²) in [5.74, 6) is -0.244. The highest BCUT2D eigenvalue weighted by Crippen LogP contribution is 2.33. The van der Waals surface area contributed by atoms with E-state index in [9.17, 15) is 61.0 Å². The zero-order chi connectivity index (χ0) is 57.6. The van der Waals surface area contributed by atoms with Crippen molar-refractivity contribution in [1.29, 1.82) is 0 Å². The Morgan fingerprint density at radius 2 is 0.797 bits per heavy atom. The van der Waals surface area contributed by atoms with E-state index < -0.39 is 124 Å².